The highest BCUT2D eigenvalue weighted by Gasteiger charge is 2.33. The Labute approximate surface area is 112 Å². The molecule has 2 unspecified atom stereocenters. The quantitative estimate of drug-likeness (QED) is 0.831. The van der Waals surface area contributed by atoms with Crippen molar-refractivity contribution >= 4 is 15.7 Å². The third-order valence-corrected chi connectivity index (χ3v) is 5.07. The molecule has 104 valence electrons. The fourth-order valence-corrected chi connectivity index (χ4v) is 3.95. The number of hydrogen-bond acceptors (Lipinski definition) is 4. The molecule has 5 nitrogen and oxygen atoms in total. The normalized spacial score (nSPS) is 22.9. The molecule has 1 fully saturated rings. The van der Waals surface area contributed by atoms with Crippen LogP contribution in [0.1, 0.15) is 18.0 Å². The van der Waals surface area contributed by atoms with Crippen LogP contribution in [-0.4, -0.2) is 37.5 Å². The summed E-state index contributed by atoms with van der Waals surface area (Å²) >= 11 is 0. The minimum absolute atomic E-state index is 0.0697. The lowest BCUT2D eigenvalue weighted by molar-refractivity contribution is -0.125. The van der Waals surface area contributed by atoms with Gasteiger partial charge in [0.2, 0.25) is 5.91 Å². The lowest BCUT2D eigenvalue weighted by Gasteiger charge is -2.18. The van der Waals surface area contributed by atoms with Gasteiger partial charge in [-0.25, -0.2) is 8.42 Å². The summed E-state index contributed by atoms with van der Waals surface area (Å²) < 4.78 is 22.7. The molecular weight excluding hydrogens is 266 g/mol. The van der Waals surface area contributed by atoms with Gasteiger partial charge in [0.25, 0.3) is 0 Å². The average molecular weight is 283 g/mol. The van der Waals surface area contributed by atoms with E-state index in [1.165, 1.54) is 0 Å². The molecule has 2 N–H and O–H groups in total. The van der Waals surface area contributed by atoms with E-state index in [0.717, 1.165) is 5.56 Å². The van der Waals surface area contributed by atoms with Crippen molar-refractivity contribution in [1.82, 2.24) is 5.32 Å². The van der Waals surface area contributed by atoms with Gasteiger partial charge in [-0.15, -0.1) is 0 Å². The summed E-state index contributed by atoms with van der Waals surface area (Å²) in [5, 5.41) is 12.1. The van der Waals surface area contributed by atoms with Crippen LogP contribution in [0.15, 0.2) is 30.3 Å². The fourth-order valence-electron chi connectivity index (χ4n) is 2.21. The first-order valence-corrected chi connectivity index (χ1v) is 8.00. The lowest BCUT2D eigenvalue weighted by Crippen LogP contribution is -2.36. The zero-order chi connectivity index (χ0) is 13.9. The molecule has 0 spiro atoms. The van der Waals surface area contributed by atoms with E-state index in [1.807, 2.05) is 30.3 Å². The van der Waals surface area contributed by atoms with Crippen LogP contribution in [0.2, 0.25) is 0 Å². The summed E-state index contributed by atoms with van der Waals surface area (Å²) in [7, 11) is -3.07. The molecule has 1 aromatic carbocycles. The van der Waals surface area contributed by atoms with Crippen molar-refractivity contribution in [3.8, 4) is 0 Å². The Morgan fingerprint density at radius 1 is 1.37 bits per heavy atom. The number of carbonyl (C=O) groups is 1. The van der Waals surface area contributed by atoms with Crippen LogP contribution in [0.4, 0.5) is 0 Å². The van der Waals surface area contributed by atoms with Crippen molar-refractivity contribution in [2.24, 2.45) is 5.92 Å². The molecule has 19 heavy (non-hydrogen) atoms. The van der Waals surface area contributed by atoms with Gasteiger partial charge in [0.1, 0.15) is 0 Å². The Morgan fingerprint density at radius 3 is 2.58 bits per heavy atom. The standard InChI is InChI=1S/C13H17NO4S/c15-8-12(10-4-2-1-3-5-10)14-13(16)11-6-7-19(17,18)9-11/h1-5,11-12,15H,6-9H2,(H,14,16). The fraction of sp³-hybridized carbons (Fsp3) is 0.462. The Kier molecular flexibility index (Phi) is 4.21. The largest absolute Gasteiger partial charge is 0.394 e. The second-order valence-corrected chi connectivity index (χ2v) is 6.98. The molecular formula is C13H17NO4S. The number of aliphatic hydroxyl groups excluding tert-OH is 1. The Balaban J connectivity index is 2.02. The molecule has 6 heteroatoms. The number of hydrogen-bond donors (Lipinski definition) is 2. The lowest BCUT2D eigenvalue weighted by atomic mass is 10.0. The summed E-state index contributed by atoms with van der Waals surface area (Å²) in [5.41, 5.74) is 0.805. The van der Waals surface area contributed by atoms with Crippen molar-refractivity contribution in [3.05, 3.63) is 35.9 Å². The maximum atomic E-state index is 12.0. The van der Waals surface area contributed by atoms with E-state index >= 15 is 0 Å². The van der Waals surface area contributed by atoms with E-state index < -0.39 is 21.8 Å². The minimum Gasteiger partial charge on any atom is -0.394 e. The first kappa shape index (κ1) is 14.0. The van der Waals surface area contributed by atoms with Crippen LogP contribution in [0, 0.1) is 5.92 Å². The smallest absolute Gasteiger partial charge is 0.224 e. The van der Waals surface area contributed by atoms with Gasteiger partial charge < -0.3 is 10.4 Å². The van der Waals surface area contributed by atoms with Gasteiger partial charge in [-0.1, -0.05) is 30.3 Å². The second-order valence-electron chi connectivity index (χ2n) is 4.75. The van der Waals surface area contributed by atoms with Crippen LogP contribution in [-0.2, 0) is 14.6 Å². The van der Waals surface area contributed by atoms with E-state index in [4.69, 9.17) is 0 Å². The highest BCUT2D eigenvalue weighted by Crippen LogP contribution is 2.20. The van der Waals surface area contributed by atoms with Crippen LogP contribution in [0.5, 0.6) is 0 Å². The van der Waals surface area contributed by atoms with Crippen molar-refractivity contribution in [2.45, 2.75) is 12.5 Å². The predicted octanol–water partition coefficient (Wildman–Crippen LogP) is 0.271. The van der Waals surface area contributed by atoms with Gasteiger partial charge >= 0.3 is 0 Å². The van der Waals surface area contributed by atoms with Gasteiger partial charge in [0.05, 0.1) is 30.1 Å². The first-order valence-electron chi connectivity index (χ1n) is 6.18. The second kappa shape index (κ2) is 5.71. The molecule has 0 bridgehead atoms. The summed E-state index contributed by atoms with van der Waals surface area (Å²) in [6, 6.07) is 8.63. The van der Waals surface area contributed by atoms with Crippen LogP contribution >= 0.6 is 0 Å². The minimum atomic E-state index is -3.07. The van der Waals surface area contributed by atoms with Crippen molar-refractivity contribution in [2.75, 3.05) is 18.1 Å². The molecule has 2 atom stereocenters. The Bertz CT molecular complexity index is 541. The van der Waals surface area contributed by atoms with Crippen LogP contribution in [0.25, 0.3) is 0 Å². The highest BCUT2D eigenvalue weighted by atomic mass is 32.2. The van der Waals surface area contributed by atoms with E-state index in [9.17, 15) is 18.3 Å². The molecule has 0 saturated carbocycles. The summed E-state index contributed by atoms with van der Waals surface area (Å²) in [6.45, 7) is -0.213. The topological polar surface area (TPSA) is 83.5 Å². The summed E-state index contributed by atoms with van der Waals surface area (Å²) in [6.07, 6.45) is 0.362. The van der Waals surface area contributed by atoms with Gasteiger partial charge in [-0.2, -0.15) is 0 Å². The zero-order valence-electron chi connectivity index (χ0n) is 10.5. The molecule has 0 aromatic heterocycles. The predicted molar refractivity (Wildman–Crippen MR) is 71.2 cm³/mol. The number of aliphatic hydroxyl groups is 1. The SMILES string of the molecule is O=C(NC(CO)c1ccccc1)C1CCS(=O)(=O)C1. The molecule has 1 aliphatic heterocycles. The number of rotatable bonds is 4. The van der Waals surface area contributed by atoms with Gasteiger partial charge in [0, 0.05) is 0 Å². The Morgan fingerprint density at radius 2 is 2.05 bits per heavy atom. The van der Waals surface area contributed by atoms with E-state index in [2.05, 4.69) is 5.32 Å². The first-order chi connectivity index (χ1) is 9.02. The van der Waals surface area contributed by atoms with Crippen molar-refractivity contribution < 1.29 is 18.3 Å². The number of nitrogens with one attached hydrogen (secondary N) is 1. The zero-order valence-corrected chi connectivity index (χ0v) is 11.3. The maximum absolute atomic E-state index is 12.0. The molecule has 2 rings (SSSR count). The maximum Gasteiger partial charge on any atom is 0.224 e. The van der Waals surface area contributed by atoms with Gasteiger partial charge in [-0.05, 0) is 12.0 Å². The third-order valence-electron chi connectivity index (χ3n) is 3.30. The molecule has 1 aromatic rings. The average Bonchev–Trinajstić information content (AvgIpc) is 2.77. The van der Waals surface area contributed by atoms with Crippen LogP contribution < -0.4 is 5.32 Å². The number of benzene rings is 1. The number of carbonyl (C=O) groups excluding carboxylic acids is 1. The molecule has 1 amide bonds. The molecule has 1 aliphatic rings. The van der Waals surface area contributed by atoms with Crippen molar-refractivity contribution in [1.29, 1.82) is 0 Å². The van der Waals surface area contributed by atoms with E-state index in [-0.39, 0.29) is 24.0 Å². The number of sulfone groups is 1. The van der Waals surface area contributed by atoms with Crippen LogP contribution in [0.3, 0.4) is 0 Å². The van der Waals surface area contributed by atoms with Crippen molar-refractivity contribution in [3.63, 3.8) is 0 Å². The molecule has 1 heterocycles. The molecule has 1 saturated heterocycles. The van der Waals surface area contributed by atoms with E-state index in [0.29, 0.717) is 6.42 Å². The molecule has 0 radical (unpaired) electrons. The third kappa shape index (κ3) is 3.54. The highest BCUT2D eigenvalue weighted by molar-refractivity contribution is 7.91. The van der Waals surface area contributed by atoms with Gasteiger partial charge in [0.15, 0.2) is 9.84 Å². The molecule has 0 aliphatic carbocycles. The number of amides is 1. The Hall–Kier alpha value is -1.40. The van der Waals surface area contributed by atoms with Gasteiger partial charge in [-0.3, -0.25) is 4.79 Å². The summed E-state index contributed by atoms with van der Waals surface area (Å²) in [5.74, 6) is -0.821. The van der Waals surface area contributed by atoms with E-state index in [1.54, 1.807) is 0 Å². The monoisotopic (exact) mass is 283 g/mol. The summed E-state index contributed by atoms with van der Waals surface area (Å²) in [4.78, 5) is 12.0.